The van der Waals surface area contributed by atoms with Gasteiger partial charge in [0.25, 0.3) is 0 Å². The topological polar surface area (TPSA) is 3.24 Å². The summed E-state index contributed by atoms with van der Waals surface area (Å²) in [4.78, 5) is 2.48. The van der Waals surface area contributed by atoms with Gasteiger partial charge in [-0.3, -0.25) is 0 Å². The van der Waals surface area contributed by atoms with Crippen LogP contribution in [-0.4, -0.2) is 25.0 Å². The van der Waals surface area contributed by atoms with Crippen molar-refractivity contribution in [3.05, 3.63) is 0 Å². The van der Waals surface area contributed by atoms with E-state index in [-0.39, 0.29) is 0 Å². The Morgan fingerprint density at radius 3 is 2.45 bits per heavy atom. The molecule has 0 aromatic heterocycles. The van der Waals surface area contributed by atoms with Crippen LogP contribution in [0.15, 0.2) is 0 Å². The first-order valence-electron chi connectivity index (χ1n) is 4.91. The lowest BCUT2D eigenvalue weighted by Gasteiger charge is -2.52. The van der Waals surface area contributed by atoms with E-state index in [1.807, 2.05) is 0 Å². The highest BCUT2D eigenvalue weighted by atomic mass is 15.1. The van der Waals surface area contributed by atoms with E-state index in [9.17, 15) is 0 Å². The molecule has 1 heterocycles. The third-order valence-corrected chi connectivity index (χ3v) is 3.97. The lowest BCUT2D eigenvalue weighted by atomic mass is 9.58. The van der Waals surface area contributed by atoms with Crippen molar-refractivity contribution in [2.45, 2.75) is 32.6 Å². The maximum absolute atomic E-state index is 2.48. The summed E-state index contributed by atoms with van der Waals surface area (Å²) in [5, 5.41) is 0. The van der Waals surface area contributed by atoms with Crippen LogP contribution in [0.3, 0.4) is 0 Å². The summed E-state index contributed by atoms with van der Waals surface area (Å²) in [6.07, 6.45) is 5.99. The van der Waals surface area contributed by atoms with E-state index in [1.54, 1.807) is 0 Å². The highest BCUT2D eigenvalue weighted by molar-refractivity contribution is 4.95. The van der Waals surface area contributed by atoms with Gasteiger partial charge < -0.3 is 4.90 Å². The van der Waals surface area contributed by atoms with Gasteiger partial charge in [0.2, 0.25) is 0 Å². The molecule has 2 aliphatic rings. The Labute approximate surface area is 69.8 Å². The molecule has 2 fully saturated rings. The van der Waals surface area contributed by atoms with E-state index in [4.69, 9.17) is 0 Å². The molecule has 1 saturated heterocycles. The molecule has 0 radical (unpaired) electrons. The average molecular weight is 153 g/mol. The van der Waals surface area contributed by atoms with Crippen molar-refractivity contribution in [3.63, 3.8) is 0 Å². The zero-order valence-corrected chi connectivity index (χ0v) is 7.77. The molecule has 0 aromatic rings. The number of piperidine rings is 1. The average Bonchev–Trinajstić information content (AvgIpc) is 1.84. The van der Waals surface area contributed by atoms with E-state index >= 15 is 0 Å². The molecule has 1 spiro atoms. The summed E-state index contributed by atoms with van der Waals surface area (Å²) >= 11 is 0. The van der Waals surface area contributed by atoms with Crippen LogP contribution in [0.1, 0.15) is 32.6 Å². The summed E-state index contributed by atoms with van der Waals surface area (Å²) in [5.74, 6) is 0.954. The zero-order chi connectivity index (χ0) is 7.90. The Morgan fingerprint density at radius 2 is 2.00 bits per heavy atom. The third kappa shape index (κ3) is 1.10. The van der Waals surface area contributed by atoms with Gasteiger partial charge in [-0.15, -0.1) is 0 Å². The number of nitrogens with zero attached hydrogens (tertiary/aromatic N) is 1. The Bertz CT molecular complexity index is 149. The van der Waals surface area contributed by atoms with Gasteiger partial charge in [0.15, 0.2) is 0 Å². The van der Waals surface area contributed by atoms with Crippen LogP contribution >= 0.6 is 0 Å². The molecule has 1 atom stereocenters. The standard InChI is InChI=1S/C10H19N/c1-9-8-11(2)7-6-10(9)4-3-5-10/h9H,3-8H2,1-2H3. The van der Waals surface area contributed by atoms with Crippen LogP contribution in [0.4, 0.5) is 0 Å². The monoisotopic (exact) mass is 153 g/mol. The fourth-order valence-corrected chi connectivity index (χ4v) is 2.79. The molecular weight excluding hydrogens is 134 g/mol. The minimum atomic E-state index is 0.798. The van der Waals surface area contributed by atoms with Crippen molar-refractivity contribution >= 4 is 0 Å². The van der Waals surface area contributed by atoms with E-state index in [1.165, 1.54) is 38.8 Å². The largest absolute Gasteiger partial charge is 0.306 e. The molecule has 0 amide bonds. The molecule has 1 saturated carbocycles. The second-order valence-corrected chi connectivity index (χ2v) is 4.63. The summed E-state index contributed by atoms with van der Waals surface area (Å²) in [7, 11) is 2.25. The van der Waals surface area contributed by atoms with Gasteiger partial charge in [0, 0.05) is 6.54 Å². The van der Waals surface area contributed by atoms with Crippen LogP contribution in [0.2, 0.25) is 0 Å². The number of hydrogen-bond acceptors (Lipinski definition) is 1. The van der Waals surface area contributed by atoms with Crippen LogP contribution in [0, 0.1) is 11.3 Å². The Hall–Kier alpha value is -0.0400. The zero-order valence-electron chi connectivity index (χ0n) is 7.77. The van der Waals surface area contributed by atoms with Crippen molar-refractivity contribution in [1.82, 2.24) is 4.90 Å². The number of rotatable bonds is 0. The first-order valence-corrected chi connectivity index (χ1v) is 4.91. The van der Waals surface area contributed by atoms with Gasteiger partial charge in [0.05, 0.1) is 0 Å². The summed E-state index contributed by atoms with van der Waals surface area (Å²) in [5.41, 5.74) is 0.798. The predicted molar refractivity (Wildman–Crippen MR) is 47.6 cm³/mol. The first-order chi connectivity index (χ1) is 5.23. The Balaban J connectivity index is 2.01. The Kier molecular flexibility index (Phi) is 1.71. The minimum Gasteiger partial charge on any atom is -0.306 e. The van der Waals surface area contributed by atoms with Crippen molar-refractivity contribution in [2.24, 2.45) is 11.3 Å². The van der Waals surface area contributed by atoms with Gasteiger partial charge in [-0.1, -0.05) is 13.3 Å². The van der Waals surface area contributed by atoms with Crippen molar-refractivity contribution in [1.29, 1.82) is 0 Å². The summed E-state index contributed by atoms with van der Waals surface area (Å²) < 4.78 is 0. The van der Waals surface area contributed by atoms with Gasteiger partial charge in [-0.05, 0) is 44.2 Å². The molecule has 64 valence electrons. The first kappa shape index (κ1) is 7.60. The molecule has 1 nitrogen and oxygen atoms in total. The van der Waals surface area contributed by atoms with Crippen LogP contribution < -0.4 is 0 Å². The molecule has 11 heavy (non-hydrogen) atoms. The summed E-state index contributed by atoms with van der Waals surface area (Å²) in [6, 6.07) is 0. The summed E-state index contributed by atoms with van der Waals surface area (Å²) in [6.45, 7) is 5.11. The van der Waals surface area contributed by atoms with E-state index in [0.717, 1.165) is 11.3 Å². The molecule has 1 heteroatoms. The van der Waals surface area contributed by atoms with Gasteiger partial charge >= 0.3 is 0 Å². The highest BCUT2D eigenvalue weighted by Crippen LogP contribution is 2.51. The maximum Gasteiger partial charge on any atom is 0.000928 e. The van der Waals surface area contributed by atoms with Crippen LogP contribution in [0.25, 0.3) is 0 Å². The molecular formula is C10H19N. The fourth-order valence-electron chi connectivity index (χ4n) is 2.79. The molecule has 0 N–H and O–H groups in total. The highest BCUT2D eigenvalue weighted by Gasteiger charge is 2.43. The van der Waals surface area contributed by atoms with Gasteiger partial charge in [0.1, 0.15) is 0 Å². The van der Waals surface area contributed by atoms with Gasteiger partial charge in [-0.2, -0.15) is 0 Å². The van der Waals surface area contributed by atoms with E-state index in [0.29, 0.717) is 0 Å². The number of likely N-dealkylation sites (tertiary alicyclic amines) is 1. The van der Waals surface area contributed by atoms with Crippen LogP contribution in [0.5, 0.6) is 0 Å². The van der Waals surface area contributed by atoms with E-state index < -0.39 is 0 Å². The molecule has 0 aromatic carbocycles. The smallest absolute Gasteiger partial charge is 0.000928 e. The molecule has 0 bridgehead atoms. The Morgan fingerprint density at radius 1 is 1.27 bits per heavy atom. The molecule has 1 aliphatic heterocycles. The quantitative estimate of drug-likeness (QED) is 0.515. The van der Waals surface area contributed by atoms with Crippen molar-refractivity contribution in [2.75, 3.05) is 20.1 Å². The number of hydrogen-bond donors (Lipinski definition) is 0. The normalized spacial score (nSPS) is 37.1. The molecule has 2 rings (SSSR count). The van der Waals surface area contributed by atoms with E-state index in [2.05, 4.69) is 18.9 Å². The fraction of sp³-hybridized carbons (Fsp3) is 1.00. The maximum atomic E-state index is 2.48. The van der Waals surface area contributed by atoms with Crippen molar-refractivity contribution < 1.29 is 0 Å². The second kappa shape index (κ2) is 2.48. The van der Waals surface area contributed by atoms with Crippen LogP contribution in [-0.2, 0) is 0 Å². The SMILES string of the molecule is CC1CN(C)CCC12CCC2. The second-order valence-electron chi connectivity index (χ2n) is 4.63. The molecule has 1 unspecified atom stereocenters. The third-order valence-electron chi connectivity index (χ3n) is 3.97. The molecule has 1 aliphatic carbocycles. The minimum absolute atomic E-state index is 0.798. The van der Waals surface area contributed by atoms with Crippen molar-refractivity contribution in [3.8, 4) is 0 Å². The predicted octanol–water partition coefficient (Wildman–Crippen LogP) is 2.13. The lowest BCUT2D eigenvalue weighted by molar-refractivity contribution is -0.0129. The lowest BCUT2D eigenvalue weighted by Crippen LogP contribution is -2.48. The van der Waals surface area contributed by atoms with Gasteiger partial charge in [-0.25, -0.2) is 0 Å².